The van der Waals surface area contributed by atoms with Crippen LogP contribution in [0.3, 0.4) is 0 Å². The van der Waals surface area contributed by atoms with E-state index in [0.29, 0.717) is 11.1 Å². The van der Waals surface area contributed by atoms with Crippen molar-refractivity contribution in [2.75, 3.05) is 0 Å². The molecule has 2 nitrogen and oxygen atoms in total. The van der Waals surface area contributed by atoms with E-state index in [2.05, 4.69) is 0 Å². The van der Waals surface area contributed by atoms with Crippen molar-refractivity contribution < 1.29 is 14.3 Å². The zero-order valence-corrected chi connectivity index (χ0v) is 10.5. The van der Waals surface area contributed by atoms with E-state index in [1.54, 1.807) is 6.92 Å². The number of hydrogen-bond acceptors (Lipinski definition) is 2. The second kappa shape index (κ2) is 5.92. The zero-order valence-electron chi connectivity index (χ0n) is 10.5. The molecule has 0 aromatic heterocycles. The lowest BCUT2D eigenvalue weighted by molar-refractivity contribution is 0.0587. The Morgan fingerprint density at radius 3 is 2.41 bits per heavy atom. The summed E-state index contributed by atoms with van der Waals surface area (Å²) in [7, 11) is 0. The van der Waals surface area contributed by atoms with Crippen LogP contribution >= 0.6 is 0 Å². The Kier molecular flexibility index (Phi) is 4.82. The summed E-state index contributed by atoms with van der Waals surface area (Å²) in [6, 6.07) is 4.01. The Bertz CT molecular complexity index is 397. The highest BCUT2D eigenvalue weighted by Gasteiger charge is 2.25. The molecule has 1 aromatic rings. The molecular formula is C14H19FO2. The summed E-state index contributed by atoms with van der Waals surface area (Å²) < 4.78 is 12.9. The molecule has 0 bridgehead atoms. The minimum atomic E-state index is -0.992. The minimum absolute atomic E-state index is 0.0352. The first-order chi connectivity index (χ1) is 8.01. The van der Waals surface area contributed by atoms with E-state index in [1.165, 1.54) is 18.2 Å². The minimum Gasteiger partial charge on any atom is -0.385 e. The molecule has 0 saturated carbocycles. The smallest absolute Gasteiger partial charge is 0.191 e. The van der Waals surface area contributed by atoms with E-state index in [4.69, 9.17) is 0 Å². The summed E-state index contributed by atoms with van der Waals surface area (Å²) >= 11 is 0. The van der Waals surface area contributed by atoms with Crippen LogP contribution in [0.15, 0.2) is 18.2 Å². The van der Waals surface area contributed by atoms with Crippen molar-refractivity contribution in [1.82, 2.24) is 0 Å². The third-order valence-corrected chi connectivity index (χ3v) is 3.22. The lowest BCUT2D eigenvalue weighted by atomic mass is 9.89. The fraction of sp³-hybridized carbons (Fsp3) is 0.500. The van der Waals surface area contributed by atoms with Crippen LogP contribution in [0.5, 0.6) is 0 Å². The SMILES string of the molecule is CCC(CC)C(O)C(=O)c1ccc(F)cc1C. The maximum absolute atomic E-state index is 12.9. The molecule has 3 heteroatoms. The van der Waals surface area contributed by atoms with Gasteiger partial charge in [0, 0.05) is 5.56 Å². The normalized spacial score (nSPS) is 12.8. The van der Waals surface area contributed by atoms with Crippen LogP contribution in [0, 0.1) is 18.7 Å². The molecular weight excluding hydrogens is 219 g/mol. The average Bonchev–Trinajstić information content (AvgIpc) is 2.29. The van der Waals surface area contributed by atoms with Gasteiger partial charge in [-0.1, -0.05) is 26.7 Å². The molecule has 0 spiro atoms. The van der Waals surface area contributed by atoms with Crippen molar-refractivity contribution in [3.8, 4) is 0 Å². The summed E-state index contributed by atoms with van der Waals surface area (Å²) in [6.07, 6.45) is 0.516. The first kappa shape index (κ1) is 13.8. The lowest BCUT2D eigenvalue weighted by Gasteiger charge is -2.19. The maximum atomic E-state index is 12.9. The van der Waals surface area contributed by atoms with Crippen molar-refractivity contribution in [2.45, 2.75) is 39.7 Å². The predicted molar refractivity (Wildman–Crippen MR) is 65.5 cm³/mol. The van der Waals surface area contributed by atoms with E-state index >= 15 is 0 Å². The van der Waals surface area contributed by atoms with Crippen LogP contribution < -0.4 is 0 Å². The van der Waals surface area contributed by atoms with Gasteiger partial charge in [0.1, 0.15) is 11.9 Å². The lowest BCUT2D eigenvalue weighted by Crippen LogP contribution is -2.29. The Balaban J connectivity index is 2.96. The average molecular weight is 238 g/mol. The monoisotopic (exact) mass is 238 g/mol. The maximum Gasteiger partial charge on any atom is 0.191 e. The molecule has 0 heterocycles. The van der Waals surface area contributed by atoms with E-state index in [0.717, 1.165) is 12.8 Å². The number of carbonyl (C=O) groups excluding carboxylic acids is 1. The molecule has 1 rings (SSSR count). The van der Waals surface area contributed by atoms with Gasteiger partial charge in [-0.15, -0.1) is 0 Å². The quantitative estimate of drug-likeness (QED) is 0.800. The van der Waals surface area contributed by atoms with Gasteiger partial charge in [-0.2, -0.15) is 0 Å². The highest BCUT2D eigenvalue weighted by atomic mass is 19.1. The standard InChI is InChI=1S/C14H19FO2/c1-4-10(5-2)13(16)14(17)12-7-6-11(15)8-9(12)3/h6-8,10,13,16H,4-5H2,1-3H3. The van der Waals surface area contributed by atoms with Gasteiger partial charge in [-0.3, -0.25) is 4.79 Å². The summed E-state index contributed by atoms with van der Waals surface area (Å²) in [5.41, 5.74) is 0.978. The van der Waals surface area contributed by atoms with Crippen molar-refractivity contribution in [3.63, 3.8) is 0 Å². The van der Waals surface area contributed by atoms with E-state index in [1.807, 2.05) is 13.8 Å². The van der Waals surface area contributed by atoms with Crippen LogP contribution in [0.1, 0.15) is 42.6 Å². The second-order valence-corrected chi connectivity index (χ2v) is 4.34. The van der Waals surface area contributed by atoms with Gasteiger partial charge in [-0.05, 0) is 36.6 Å². The van der Waals surface area contributed by atoms with E-state index in [-0.39, 0.29) is 17.5 Å². The number of aryl methyl sites for hydroxylation is 1. The molecule has 94 valence electrons. The van der Waals surface area contributed by atoms with Crippen LogP contribution in [-0.4, -0.2) is 17.0 Å². The van der Waals surface area contributed by atoms with Crippen LogP contribution in [0.4, 0.5) is 4.39 Å². The Labute approximate surface area is 101 Å². The molecule has 1 atom stereocenters. The fourth-order valence-electron chi connectivity index (χ4n) is 2.01. The van der Waals surface area contributed by atoms with Crippen molar-refractivity contribution >= 4 is 5.78 Å². The number of carbonyl (C=O) groups is 1. The number of rotatable bonds is 5. The van der Waals surface area contributed by atoms with Gasteiger partial charge in [0.25, 0.3) is 0 Å². The van der Waals surface area contributed by atoms with Gasteiger partial charge in [0.15, 0.2) is 5.78 Å². The summed E-state index contributed by atoms with van der Waals surface area (Å²) in [5, 5.41) is 9.98. The molecule has 1 N–H and O–H groups in total. The third kappa shape index (κ3) is 3.13. The van der Waals surface area contributed by atoms with Crippen LogP contribution in [-0.2, 0) is 0 Å². The second-order valence-electron chi connectivity index (χ2n) is 4.34. The Morgan fingerprint density at radius 2 is 1.94 bits per heavy atom. The number of Topliss-reactive ketones (excluding diaryl/α,β-unsaturated/α-hetero) is 1. The highest BCUT2D eigenvalue weighted by molar-refractivity contribution is 6.00. The molecule has 0 amide bonds. The van der Waals surface area contributed by atoms with Crippen molar-refractivity contribution in [3.05, 3.63) is 35.1 Å². The first-order valence-electron chi connectivity index (χ1n) is 5.99. The number of aliphatic hydroxyl groups excluding tert-OH is 1. The van der Waals surface area contributed by atoms with Crippen molar-refractivity contribution in [2.24, 2.45) is 5.92 Å². The van der Waals surface area contributed by atoms with Gasteiger partial charge in [0.05, 0.1) is 0 Å². The predicted octanol–water partition coefficient (Wildman–Crippen LogP) is 3.11. The fourth-order valence-corrected chi connectivity index (χ4v) is 2.01. The molecule has 0 aliphatic carbocycles. The Hall–Kier alpha value is -1.22. The van der Waals surface area contributed by atoms with Crippen LogP contribution in [0.2, 0.25) is 0 Å². The molecule has 1 unspecified atom stereocenters. The van der Waals surface area contributed by atoms with Gasteiger partial charge >= 0.3 is 0 Å². The largest absolute Gasteiger partial charge is 0.385 e. The number of aliphatic hydroxyl groups is 1. The molecule has 0 aliphatic rings. The summed E-state index contributed by atoms with van der Waals surface area (Å²) in [5.74, 6) is -0.709. The van der Waals surface area contributed by atoms with Gasteiger partial charge < -0.3 is 5.11 Å². The molecule has 17 heavy (non-hydrogen) atoms. The Morgan fingerprint density at radius 1 is 1.35 bits per heavy atom. The number of benzene rings is 1. The van der Waals surface area contributed by atoms with Crippen molar-refractivity contribution in [1.29, 1.82) is 0 Å². The number of ketones is 1. The molecule has 0 radical (unpaired) electrons. The number of halogens is 1. The number of hydrogen-bond donors (Lipinski definition) is 1. The molecule has 0 saturated heterocycles. The third-order valence-electron chi connectivity index (χ3n) is 3.22. The zero-order chi connectivity index (χ0) is 13.0. The van der Waals surface area contributed by atoms with E-state index < -0.39 is 6.10 Å². The molecule has 0 aliphatic heterocycles. The van der Waals surface area contributed by atoms with E-state index in [9.17, 15) is 14.3 Å². The first-order valence-corrected chi connectivity index (χ1v) is 5.99. The summed E-state index contributed by atoms with van der Waals surface area (Å²) in [4.78, 5) is 12.1. The summed E-state index contributed by atoms with van der Waals surface area (Å²) in [6.45, 7) is 5.57. The van der Waals surface area contributed by atoms with Gasteiger partial charge in [-0.25, -0.2) is 4.39 Å². The highest BCUT2D eigenvalue weighted by Crippen LogP contribution is 2.19. The van der Waals surface area contributed by atoms with Gasteiger partial charge in [0.2, 0.25) is 0 Å². The molecule has 1 aromatic carbocycles. The topological polar surface area (TPSA) is 37.3 Å². The molecule has 0 fully saturated rings. The van der Waals surface area contributed by atoms with Crippen LogP contribution in [0.25, 0.3) is 0 Å².